The van der Waals surface area contributed by atoms with Crippen LogP contribution in [0.1, 0.15) is 38.0 Å². The Kier molecular flexibility index (Phi) is 5.33. The smallest absolute Gasteiger partial charge is 0.227 e. The Labute approximate surface area is 146 Å². The number of ether oxygens (including phenoxy) is 1. The van der Waals surface area contributed by atoms with Crippen LogP contribution in [0.2, 0.25) is 0 Å². The van der Waals surface area contributed by atoms with E-state index < -0.39 is 0 Å². The predicted molar refractivity (Wildman–Crippen MR) is 93.0 cm³/mol. The van der Waals surface area contributed by atoms with Gasteiger partial charge < -0.3 is 20.3 Å². The first-order valence-corrected chi connectivity index (χ1v) is 8.62. The second-order valence-electron chi connectivity index (χ2n) is 6.48. The lowest BCUT2D eigenvalue weighted by Crippen LogP contribution is -2.51. The average Bonchev–Trinajstić information content (AvgIpc) is 3.30. The van der Waals surface area contributed by atoms with Gasteiger partial charge in [0.2, 0.25) is 17.6 Å². The summed E-state index contributed by atoms with van der Waals surface area (Å²) in [5, 5.41) is 7.07. The number of carbonyl (C=O) groups excluding carboxylic acids is 1. The van der Waals surface area contributed by atoms with Crippen molar-refractivity contribution in [2.45, 2.75) is 44.1 Å². The Hall–Kier alpha value is -2.41. The fraction of sp³-hybridized carbons (Fsp3) is 0.500. The molecule has 1 aliphatic carbocycles. The Morgan fingerprint density at radius 1 is 1.32 bits per heavy atom. The molecule has 3 N–H and O–H groups in total. The van der Waals surface area contributed by atoms with Gasteiger partial charge in [0.15, 0.2) is 0 Å². The van der Waals surface area contributed by atoms with Crippen LogP contribution in [0, 0.1) is 0 Å². The van der Waals surface area contributed by atoms with E-state index >= 15 is 0 Å². The van der Waals surface area contributed by atoms with Crippen molar-refractivity contribution in [1.82, 2.24) is 15.5 Å². The molecule has 1 aromatic heterocycles. The Balaban J connectivity index is 1.55. The first-order valence-electron chi connectivity index (χ1n) is 8.62. The molecule has 7 nitrogen and oxygen atoms in total. The van der Waals surface area contributed by atoms with Gasteiger partial charge in [-0.3, -0.25) is 4.79 Å². The van der Waals surface area contributed by atoms with Crippen LogP contribution in [0.5, 0.6) is 5.75 Å². The van der Waals surface area contributed by atoms with Gasteiger partial charge in [-0.2, -0.15) is 4.98 Å². The van der Waals surface area contributed by atoms with Crippen molar-refractivity contribution < 1.29 is 14.1 Å². The molecule has 0 aliphatic heterocycles. The first kappa shape index (κ1) is 17.4. The van der Waals surface area contributed by atoms with E-state index in [4.69, 9.17) is 15.0 Å². The summed E-state index contributed by atoms with van der Waals surface area (Å²) in [7, 11) is 1.62. The minimum atomic E-state index is -0.222. The second kappa shape index (κ2) is 7.65. The van der Waals surface area contributed by atoms with Gasteiger partial charge in [-0.15, -0.1) is 0 Å². The topological polar surface area (TPSA) is 103 Å². The van der Waals surface area contributed by atoms with E-state index in [1.165, 1.54) is 0 Å². The molecule has 3 rings (SSSR count). The van der Waals surface area contributed by atoms with Gasteiger partial charge in [0, 0.05) is 24.9 Å². The van der Waals surface area contributed by atoms with E-state index in [0.717, 1.165) is 37.0 Å². The summed E-state index contributed by atoms with van der Waals surface area (Å²) in [6, 6.07) is 7.41. The third kappa shape index (κ3) is 4.17. The number of aromatic nitrogens is 2. The number of rotatable bonds is 7. The summed E-state index contributed by atoms with van der Waals surface area (Å²) in [5.41, 5.74) is 6.47. The van der Waals surface area contributed by atoms with Crippen molar-refractivity contribution in [3.63, 3.8) is 0 Å². The number of hydrogen-bond acceptors (Lipinski definition) is 6. The molecule has 1 fully saturated rings. The lowest BCUT2D eigenvalue weighted by Gasteiger charge is -2.28. The fourth-order valence-electron chi connectivity index (χ4n) is 3.22. The maximum Gasteiger partial charge on any atom is 0.227 e. The fourth-order valence-corrected chi connectivity index (χ4v) is 3.22. The van der Waals surface area contributed by atoms with Gasteiger partial charge in [0.1, 0.15) is 5.75 Å². The van der Waals surface area contributed by atoms with E-state index in [1.54, 1.807) is 7.11 Å². The average molecular weight is 344 g/mol. The number of amides is 1. The molecular weight excluding hydrogens is 320 g/mol. The molecule has 1 aromatic carbocycles. The quantitative estimate of drug-likeness (QED) is 0.797. The molecule has 7 heteroatoms. The van der Waals surface area contributed by atoms with E-state index in [9.17, 15) is 4.79 Å². The zero-order valence-electron chi connectivity index (χ0n) is 14.5. The van der Waals surface area contributed by atoms with Crippen LogP contribution >= 0.6 is 0 Å². The zero-order chi connectivity index (χ0) is 17.7. The number of methoxy groups -OCH3 is 1. The maximum absolute atomic E-state index is 12.2. The van der Waals surface area contributed by atoms with Crippen molar-refractivity contribution in [3.05, 3.63) is 30.2 Å². The molecule has 2 aromatic rings. The number of nitrogens with zero attached hydrogens (tertiary/aromatic N) is 2. The predicted octanol–water partition coefficient (Wildman–Crippen LogP) is 2.07. The monoisotopic (exact) mass is 344 g/mol. The third-order valence-corrected chi connectivity index (χ3v) is 4.74. The molecule has 1 amide bonds. The summed E-state index contributed by atoms with van der Waals surface area (Å²) in [5.74, 6) is 1.71. The zero-order valence-corrected chi connectivity index (χ0v) is 14.5. The Morgan fingerprint density at radius 2 is 2.04 bits per heavy atom. The lowest BCUT2D eigenvalue weighted by molar-refractivity contribution is -0.123. The highest BCUT2D eigenvalue weighted by atomic mass is 16.5. The molecule has 134 valence electrons. The maximum atomic E-state index is 12.2. The molecule has 0 radical (unpaired) electrons. The van der Waals surface area contributed by atoms with Crippen molar-refractivity contribution in [2.24, 2.45) is 5.73 Å². The number of nitrogens with two attached hydrogens (primary N) is 1. The molecule has 1 heterocycles. The van der Waals surface area contributed by atoms with Gasteiger partial charge in [-0.05, 0) is 37.1 Å². The molecule has 0 unspecified atom stereocenters. The van der Waals surface area contributed by atoms with Crippen molar-refractivity contribution in [2.75, 3.05) is 13.7 Å². The van der Waals surface area contributed by atoms with Crippen LogP contribution in [0.3, 0.4) is 0 Å². The largest absolute Gasteiger partial charge is 0.497 e. The van der Waals surface area contributed by atoms with Crippen LogP contribution in [0.25, 0.3) is 11.4 Å². The molecule has 25 heavy (non-hydrogen) atoms. The summed E-state index contributed by atoms with van der Waals surface area (Å²) < 4.78 is 10.4. The van der Waals surface area contributed by atoms with E-state index in [-0.39, 0.29) is 11.4 Å². The molecule has 1 saturated carbocycles. The van der Waals surface area contributed by atoms with Gasteiger partial charge in [0.25, 0.3) is 0 Å². The van der Waals surface area contributed by atoms with Crippen LogP contribution in [0.4, 0.5) is 0 Å². The molecule has 0 bridgehead atoms. The summed E-state index contributed by atoms with van der Waals surface area (Å²) in [6.45, 7) is 0.487. The number of carbonyl (C=O) groups is 1. The molecule has 0 spiro atoms. The minimum Gasteiger partial charge on any atom is -0.497 e. The number of aryl methyl sites for hydroxylation is 1. The minimum absolute atomic E-state index is 0.0171. The summed E-state index contributed by atoms with van der Waals surface area (Å²) in [4.78, 5) is 16.6. The van der Waals surface area contributed by atoms with Crippen molar-refractivity contribution in [1.29, 1.82) is 0 Å². The SMILES string of the molecule is COc1ccc(-c2noc(CCC(=O)NC3(CN)CCCC3)n2)cc1. The van der Waals surface area contributed by atoms with E-state index in [0.29, 0.717) is 31.1 Å². The van der Waals surface area contributed by atoms with E-state index in [1.807, 2.05) is 24.3 Å². The first-order chi connectivity index (χ1) is 12.1. The highest BCUT2D eigenvalue weighted by Gasteiger charge is 2.33. The second-order valence-corrected chi connectivity index (χ2v) is 6.48. The van der Waals surface area contributed by atoms with Gasteiger partial charge in [-0.1, -0.05) is 18.0 Å². The summed E-state index contributed by atoms with van der Waals surface area (Å²) >= 11 is 0. The third-order valence-electron chi connectivity index (χ3n) is 4.74. The highest BCUT2D eigenvalue weighted by Crippen LogP contribution is 2.28. The summed E-state index contributed by atoms with van der Waals surface area (Å²) in [6.07, 6.45) is 4.87. The van der Waals surface area contributed by atoms with Gasteiger partial charge >= 0.3 is 0 Å². The Morgan fingerprint density at radius 3 is 2.68 bits per heavy atom. The van der Waals surface area contributed by atoms with Crippen LogP contribution in [-0.2, 0) is 11.2 Å². The number of hydrogen-bond donors (Lipinski definition) is 2. The normalized spacial score (nSPS) is 15.9. The molecule has 1 aliphatic rings. The van der Waals surface area contributed by atoms with Crippen LogP contribution in [0.15, 0.2) is 28.8 Å². The molecule has 0 atom stereocenters. The standard InChI is InChI=1S/C18H24N4O3/c1-24-14-6-4-13(5-7-14)17-20-16(25-22-17)9-8-15(23)21-18(12-19)10-2-3-11-18/h4-7H,2-3,8-12,19H2,1H3,(H,21,23). The molecule has 0 saturated heterocycles. The van der Waals surface area contributed by atoms with Crippen molar-refractivity contribution >= 4 is 5.91 Å². The molecular formula is C18H24N4O3. The van der Waals surface area contributed by atoms with Crippen LogP contribution < -0.4 is 15.8 Å². The van der Waals surface area contributed by atoms with E-state index in [2.05, 4.69) is 15.5 Å². The van der Waals surface area contributed by atoms with Gasteiger partial charge in [0.05, 0.1) is 12.6 Å². The van der Waals surface area contributed by atoms with Gasteiger partial charge in [-0.25, -0.2) is 0 Å². The Bertz CT molecular complexity index is 705. The van der Waals surface area contributed by atoms with Crippen LogP contribution in [-0.4, -0.2) is 35.2 Å². The lowest BCUT2D eigenvalue weighted by atomic mass is 9.97. The van der Waals surface area contributed by atoms with Crippen molar-refractivity contribution in [3.8, 4) is 17.1 Å². The number of benzene rings is 1. The highest BCUT2D eigenvalue weighted by molar-refractivity contribution is 5.77. The number of nitrogens with one attached hydrogen (secondary N) is 1.